The molecule has 0 heterocycles. The first-order valence-corrected chi connectivity index (χ1v) is 4.03. The molecule has 0 aliphatic rings. The molecule has 64 valence electrons. The molecule has 0 aromatic heterocycles. The molecule has 0 rings (SSSR count). The van der Waals surface area contributed by atoms with Gasteiger partial charge >= 0.3 is 12.1 Å². The third-order valence-electron chi connectivity index (χ3n) is 0.766. The van der Waals surface area contributed by atoms with Crippen LogP contribution in [0.4, 0.5) is 13.2 Å². The largest absolute Gasteiger partial charge is 0.492 e. The summed E-state index contributed by atoms with van der Waals surface area (Å²) in [5.74, 6) is -2.19. The number of rotatable bonds is 2. The number of hydrogen-bond donors (Lipinski definition) is 0. The zero-order chi connectivity index (χ0) is 9.07. The van der Waals surface area contributed by atoms with Gasteiger partial charge in [0.05, 0.1) is 0 Å². The Balaban J connectivity index is 3.88. The molecule has 3 nitrogen and oxygen atoms in total. The van der Waals surface area contributed by atoms with E-state index in [1.165, 1.54) is 7.05 Å². The van der Waals surface area contributed by atoms with Crippen molar-refractivity contribution < 1.29 is 22.8 Å². The van der Waals surface area contributed by atoms with E-state index in [0.717, 1.165) is 4.73 Å². The van der Waals surface area contributed by atoms with Crippen LogP contribution < -0.4 is 0 Å². The minimum atomic E-state index is -4.91. The Morgan fingerprint density at radius 2 is 2.00 bits per heavy atom. The Hall–Kier alpha value is -0.563. The lowest BCUT2D eigenvalue weighted by atomic mass is 10.7. The number of nitrogens with zero attached hydrogens (tertiary/aromatic N) is 1. The van der Waals surface area contributed by atoms with Crippen molar-refractivity contribution in [1.82, 2.24) is 4.73 Å². The van der Waals surface area contributed by atoms with Gasteiger partial charge in [-0.15, -0.1) is 0 Å². The number of carbonyl (C=O) groups is 1. The Bertz CT molecular complexity index is 149. The third-order valence-corrected chi connectivity index (χ3v) is 1.49. The van der Waals surface area contributed by atoms with Crippen LogP contribution in [0.5, 0.6) is 0 Å². The van der Waals surface area contributed by atoms with Crippen molar-refractivity contribution in [1.29, 1.82) is 0 Å². The van der Waals surface area contributed by atoms with Crippen LogP contribution in [-0.2, 0) is 9.63 Å². The predicted octanol–water partition coefficient (Wildman–Crippen LogP) is 0.606. The van der Waals surface area contributed by atoms with Crippen LogP contribution in [0, 0.1) is 0 Å². The molecule has 0 amide bonds. The maximum Gasteiger partial charge on any atom is 0.492 e. The lowest BCUT2D eigenvalue weighted by Gasteiger charge is -2.13. The fourth-order valence-electron chi connectivity index (χ4n) is 0.222. The molecule has 0 fully saturated rings. The summed E-state index contributed by atoms with van der Waals surface area (Å²) in [6.45, 7) is 1.59. The average molecular weight is 185 g/mol. The van der Waals surface area contributed by atoms with Crippen LogP contribution in [0.2, 0.25) is 6.55 Å². The number of halogens is 3. The first kappa shape index (κ1) is 10.4. The van der Waals surface area contributed by atoms with Crippen LogP contribution in [-0.4, -0.2) is 33.6 Å². The molecule has 0 saturated heterocycles. The number of hydrogen-bond acceptors (Lipinski definition) is 3. The van der Waals surface area contributed by atoms with E-state index in [4.69, 9.17) is 0 Å². The maximum absolute atomic E-state index is 11.4. The van der Waals surface area contributed by atoms with Crippen molar-refractivity contribution in [2.75, 3.05) is 7.05 Å². The van der Waals surface area contributed by atoms with Gasteiger partial charge in [-0.05, 0) is 0 Å². The van der Waals surface area contributed by atoms with Crippen LogP contribution in [0.15, 0.2) is 0 Å². The fourth-order valence-corrected chi connectivity index (χ4v) is 0.396. The molecular weight excluding hydrogens is 179 g/mol. The molecule has 7 heteroatoms. The van der Waals surface area contributed by atoms with E-state index in [1.807, 2.05) is 0 Å². The fraction of sp³-hybridized carbons (Fsp3) is 0.750. The standard InChI is InChI=1S/C4H6F3NO2Si/c1-8(11-2)10-3(9)4(5,6)7/h1-2H3. The maximum atomic E-state index is 11.4. The molecule has 0 N–H and O–H groups in total. The second-order valence-corrected chi connectivity index (χ2v) is 2.67. The molecule has 0 spiro atoms. The normalized spacial score (nSPS) is 11.8. The highest BCUT2D eigenvalue weighted by Crippen LogP contribution is 2.16. The minimum Gasteiger partial charge on any atom is -0.369 e. The molecule has 0 bridgehead atoms. The summed E-state index contributed by atoms with van der Waals surface area (Å²) in [6.07, 6.45) is -4.91. The number of alkyl halides is 3. The SMILES string of the molecule is C[Si]N(C)OC(=O)C(F)(F)F. The van der Waals surface area contributed by atoms with Gasteiger partial charge in [0.2, 0.25) is 0 Å². The highest BCUT2D eigenvalue weighted by atomic mass is 28.2. The number of hydroxylamine groups is 1. The molecule has 0 aromatic rings. The Morgan fingerprint density at radius 3 is 2.27 bits per heavy atom. The Morgan fingerprint density at radius 1 is 1.55 bits per heavy atom. The zero-order valence-electron chi connectivity index (χ0n) is 5.90. The van der Waals surface area contributed by atoms with Crippen LogP contribution >= 0.6 is 0 Å². The van der Waals surface area contributed by atoms with E-state index >= 15 is 0 Å². The average Bonchev–Trinajstić information content (AvgIpc) is 1.85. The monoisotopic (exact) mass is 185 g/mol. The summed E-state index contributed by atoms with van der Waals surface area (Å²) in [6, 6.07) is 0. The summed E-state index contributed by atoms with van der Waals surface area (Å²) in [5, 5.41) is 0. The highest BCUT2D eigenvalue weighted by molar-refractivity contribution is 6.29. The molecule has 0 aromatic carbocycles. The molecule has 0 saturated carbocycles. The van der Waals surface area contributed by atoms with Gasteiger partial charge in [-0.25, -0.2) is 4.79 Å². The van der Waals surface area contributed by atoms with Gasteiger partial charge in [0.25, 0.3) is 0 Å². The van der Waals surface area contributed by atoms with Gasteiger partial charge in [-0.3, -0.25) is 0 Å². The van der Waals surface area contributed by atoms with Gasteiger partial charge in [-0.2, -0.15) is 17.9 Å². The van der Waals surface area contributed by atoms with Crippen LogP contribution in [0.1, 0.15) is 0 Å². The Kier molecular flexibility index (Phi) is 3.53. The lowest BCUT2D eigenvalue weighted by Crippen LogP contribution is -2.33. The molecule has 0 atom stereocenters. The molecule has 2 radical (unpaired) electrons. The van der Waals surface area contributed by atoms with Gasteiger partial charge in [0.1, 0.15) is 0 Å². The van der Waals surface area contributed by atoms with Crippen molar-refractivity contribution in [2.45, 2.75) is 12.7 Å². The van der Waals surface area contributed by atoms with Crippen molar-refractivity contribution in [3.8, 4) is 0 Å². The first-order chi connectivity index (χ1) is 4.88. The lowest BCUT2D eigenvalue weighted by molar-refractivity contribution is -0.220. The van der Waals surface area contributed by atoms with E-state index in [1.54, 1.807) is 6.55 Å². The van der Waals surface area contributed by atoms with Crippen molar-refractivity contribution in [3.05, 3.63) is 0 Å². The van der Waals surface area contributed by atoms with E-state index < -0.39 is 12.1 Å². The highest BCUT2D eigenvalue weighted by Gasteiger charge is 2.41. The van der Waals surface area contributed by atoms with E-state index in [2.05, 4.69) is 4.84 Å². The second kappa shape index (κ2) is 3.72. The van der Waals surface area contributed by atoms with Gasteiger partial charge in [-0.1, -0.05) is 6.55 Å². The second-order valence-electron chi connectivity index (χ2n) is 1.60. The zero-order valence-corrected chi connectivity index (χ0v) is 6.90. The smallest absolute Gasteiger partial charge is 0.369 e. The summed E-state index contributed by atoms with van der Waals surface area (Å²) < 4.78 is 35.2. The summed E-state index contributed by atoms with van der Waals surface area (Å²) >= 11 is 0. The number of carbonyl (C=O) groups excluding carboxylic acids is 1. The third kappa shape index (κ3) is 3.99. The molecule has 0 aliphatic heterocycles. The van der Waals surface area contributed by atoms with Crippen molar-refractivity contribution in [3.63, 3.8) is 0 Å². The summed E-state index contributed by atoms with van der Waals surface area (Å²) in [5.41, 5.74) is 0. The van der Waals surface area contributed by atoms with E-state index in [-0.39, 0.29) is 9.68 Å². The topological polar surface area (TPSA) is 29.5 Å². The summed E-state index contributed by atoms with van der Waals surface area (Å²) in [7, 11) is 1.25. The van der Waals surface area contributed by atoms with Gasteiger partial charge in [0.15, 0.2) is 9.68 Å². The quantitative estimate of drug-likeness (QED) is 0.466. The van der Waals surface area contributed by atoms with Crippen molar-refractivity contribution in [2.24, 2.45) is 0 Å². The van der Waals surface area contributed by atoms with E-state index in [0.29, 0.717) is 0 Å². The first-order valence-electron chi connectivity index (χ1n) is 2.58. The molecular formula is C4H6F3NO2Si. The van der Waals surface area contributed by atoms with Crippen molar-refractivity contribution >= 4 is 15.7 Å². The van der Waals surface area contributed by atoms with Crippen LogP contribution in [0.25, 0.3) is 0 Å². The van der Waals surface area contributed by atoms with E-state index in [9.17, 15) is 18.0 Å². The van der Waals surface area contributed by atoms with Gasteiger partial charge < -0.3 is 4.84 Å². The molecule has 0 aliphatic carbocycles. The van der Waals surface area contributed by atoms with Crippen LogP contribution in [0.3, 0.4) is 0 Å². The van der Waals surface area contributed by atoms with Gasteiger partial charge in [0, 0.05) is 7.05 Å². The summed E-state index contributed by atoms with van der Waals surface area (Å²) in [4.78, 5) is 13.9. The predicted molar refractivity (Wildman–Crippen MR) is 31.5 cm³/mol. The molecule has 0 unspecified atom stereocenters. The molecule has 11 heavy (non-hydrogen) atoms. The Labute approximate surface area is 64.0 Å². The minimum absolute atomic E-state index is 0.00631.